The van der Waals surface area contributed by atoms with Crippen LogP contribution < -0.4 is 10.1 Å². The van der Waals surface area contributed by atoms with Crippen LogP contribution in [0.1, 0.15) is 30.7 Å². The van der Waals surface area contributed by atoms with Crippen molar-refractivity contribution in [1.29, 1.82) is 0 Å². The van der Waals surface area contributed by atoms with Gasteiger partial charge in [0.05, 0.1) is 14.2 Å². The largest absolute Gasteiger partial charge is 0.496 e. The first-order valence-electron chi connectivity index (χ1n) is 6.72. The van der Waals surface area contributed by atoms with Gasteiger partial charge in [-0.15, -0.1) is 0 Å². The van der Waals surface area contributed by atoms with Crippen LogP contribution in [0.4, 0.5) is 0 Å². The number of piperidine rings is 1. The van der Waals surface area contributed by atoms with E-state index in [1.54, 1.807) is 7.11 Å². The second kappa shape index (κ2) is 6.57. The third kappa shape index (κ3) is 3.07. The summed E-state index contributed by atoms with van der Waals surface area (Å²) < 4.78 is 10.4. The Labute approximate surface area is 114 Å². The number of ether oxygens (including phenoxy) is 2. The van der Waals surface area contributed by atoms with Crippen molar-refractivity contribution in [2.75, 3.05) is 20.8 Å². The first-order chi connectivity index (χ1) is 9.27. The molecule has 0 aliphatic carbocycles. The summed E-state index contributed by atoms with van der Waals surface area (Å²) in [6, 6.07) is 7.78. The Morgan fingerprint density at radius 2 is 2.11 bits per heavy atom. The number of carbonyl (C=O) groups is 1. The second-order valence-electron chi connectivity index (χ2n) is 4.80. The molecule has 1 fully saturated rings. The molecule has 19 heavy (non-hydrogen) atoms. The molecule has 2 rings (SSSR count). The van der Waals surface area contributed by atoms with Crippen molar-refractivity contribution in [2.45, 2.75) is 31.2 Å². The lowest BCUT2D eigenvalue weighted by Gasteiger charge is -2.30. The van der Waals surface area contributed by atoms with E-state index in [1.807, 2.05) is 24.3 Å². The maximum atomic E-state index is 12.2. The van der Waals surface area contributed by atoms with Crippen molar-refractivity contribution >= 4 is 5.97 Å². The average Bonchev–Trinajstić information content (AvgIpc) is 2.49. The van der Waals surface area contributed by atoms with Crippen molar-refractivity contribution in [3.63, 3.8) is 0 Å². The van der Waals surface area contributed by atoms with Crippen LogP contribution >= 0.6 is 0 Å². The van der Waals surface area contributed by atoms with Gasteiger partial charge >= 0.3 is 5.97 Å². The van der Waals surface area contributed by atoms with E-state index in [9.17, 15) is 4.79 Å². The monoisotopic (exact) mass is 263 g/mol. The van der Waals surface area contributed by atoms with Gasteiger partial charge in [-0.2, -0.15) is 0 Å². The molecule has 0 bridgehead atoms. The van der Waals surface area contributed by atoms with Gasteiger partial charge in [0.25, 0.3) is 0 Å². The zero-order valence-electron chi connectivity index (χ0n) is 11.5. The van der Waals surface area contributed by atoms with Gasteiger partial charge in [-0.05, 0) is 25.5 Å². The van der Waals surface area contributed by atoms with E-state index in [4.69, 9.17) is 9.47 Å². The molecule has 0 aromatic heterocycles. The zero-order valence-corrected chi connectivity index (χ0v) is 11.5. The normalized spacial score (nSPS) is 20.6. The van der Waals surface area contributed by atoms with Crippen molar-refractivity contribution in [3.8, 4) is 5.75 Å². The van der Waals surface area contributed by atoms with Gasteiger partial charge in [-0.1, -0.05) is 24.6 Å². The predicted octanol–water partition coefficient (Wildman–Crippen LogP) is 2.09. The number of nitrogens with one attached hydrogen (secondary N) is 1. The van der Waals surface area contributed by atoms with Crippen LogP contribution in [0.5, 0.6) is 5.75 Å². The molecule has 0 unspecified atom stereocenters. The third-order valence-electron chi connectivity index (χ3n) is 3.68. The van der Waals surface area contributed by atoms with Gasteiger partial charge in [0, 0.05) is 11.6 Å². The summed E-state index contributed by atoms with van der Waals surface area (Å²) in [5.41, 5.74) is 0.899. The smallest absolute Gasteiger partial charge is 0.314 e. The Morgan fingerprint density at radius 1 is 1.32 bits per heavy atom. The molecular formula is C15H21NO3. The zero-order chi connectivity index (χ0) is 13.7. The van der Waals surface area contributed by atoms with Gasteiger partial charge < -0.3 is 14.8 Å². The molecule has 1 aromatic rings. The first-order valence-corrected chi connectivity index (χ1v) is 6.72. The Balaban J connectivity index is 2.33. The minimum absolute atomic E-state index is 0.123. The summed E-state index contributed by atoms with van der Waals surface area (Å²) in [5, 5.41) is 3.43. The molecule has 0 spiro atoms. The van der Waals surface area contributed by atoms with E-state index < -0.39 is 0 Å². The highest BCUT2D eigenvalue weighted by Crippen LogP contribution is 2.32. The SMILES string of the molecule is COC(=O)[C@H](c1ccccc1OC)[C@H]1CCCCN1. The molecule has 4 heteroatoms. The van der Waals surface area contributed by atoms with Crippen molar-refractivity contribution in [3.05, 3.63) is 29.8 Å². The molecule has 2 atom stereocenters. The lowest BCUT2D eigenvalue weighted by atomic mass is 9.86. The van der Waals surface area contributed by atoms with Crippen LogP contribution in [0.15, 0.2) is 24.3 Å². The van der Waals surface area contributed by atoms with E-state index in [0.717, 1.165) is 37.1 Å². The summed E-state index contributed by atoms with van der Waals surface area (Å²) in [6.07, 6.45) is 3.29. The van der Waals surface area contributed by atoms with E-state index in [-0.39, 0.29) is 17.9 Å². The molecule has 1 aliphatic heterocycles. The van der Waals surface area contributed by atoms with Gasteiger partial charge in [-0.25, -0.2) is 0 Å². The number of rotatable bonds is 4. The van der Waals surface area contributed by atoms with Gasteiger partial charge in [0.15, 0.2) is 0 Å². The Kier molecular flexibility index (Phi) is 4.80. The summed E-state index contributed by atoms with van der Waals surface area (Å²) in [4.78, 5) is 12.2. The third-order valence-corrected chi connectivity index (χ3v) is 3.68. The van der Waals surface area contributed by atoms with Crippen LogP contribution in [-0.4, -0.2) is 32.8 Å². The summed E-state index contributed by atoms with van der Waals surface area (Å²) in [7, 11) is 3.06. The van der Waals surface area contributed by atoms with Gasteiger partial charge in [0.2, 0.25) is 0 Å². The van der Waals surface area contributed by atoms with Crippen LogP contribution in [-0.2, 0) is 9.53 Å². The lowest BCUT2D eigenvalue weighted by molar-refractivity contribution is -0.143. The quantitative estimate of drug-likeness (QED) is 0.845. The molecule has 1 aliphatic rings. The molecule has 4 nitrogen and oxygen atoms in total. The van der Waals surface area contributed by atoms with Crippen LogP contribution in [0.2, 0.25) is 0 Å². The Morgan fingerprint density at radius 3 is 2.74 bits per heavy atom. The number of benzene rings is 1. The minimum Gasteiger partial charge on any atom is -0.496 e. The first kappa shape index (κ1) is 13.9. The molecule has 0 radical (unpaired) electrons. The predicted molar refractivity (Wildman–Crippen MR) is 73.4 cm³/mol. The summed E-state index contributed by atoms with van der Waals surface area (Å²) in [5.74, 6) is 0.232. The lowest BCUT2D eigenvalue weighted by Crippen LogP contribution is -2.42. The Bertz CT molecular complexity index is 427. The van der Waals surface area contributed by atoms with E-state index in [2.05, 4.69) is 5.32 Å². The number of hydrogen-bond acceptors (Lipinski definition) is 4. The van der Waals surface area contributed by atoms with E-state index in [0.29, 0.717) is 0 Å². The number of carbonyl (C=O) groups excluding carboxylic acids is 1. The second-order valence-corrected chi connectivity index (χ2v) is 4.80. The van der Waals surface area contributed by atoms with E-state index >= 15 is 0 Å². The van der Waals surface area contributed by atoms with Crippen molar-refractivity contribution in [1.82, 2.24) is 5.32 Å². The van der Waals surface area contributed by atoms with Gasteiger partial charge in [-0.3, -0.25) is 4.79 Å². The topological polar surface area (TPSA) is 47.6 Å². The molecule has 0 saturated carbocycles. The number of para-hydroxylation sites is 1. The standard InChI is InChI=1S/C15H21NO3/c1-18-13-9-4-3-7-11(13)14(15(17)19-2)12-8-5-6-10-16-12/h3-4,7,9,12,14,16H,5-6,8,10H2,1-2H3/t12-,14-/m1/s1. The Hall–Kier alpha value is -1.55. The fourth-order valence-electron chi connectivity index (χ4n) is 2.72. The highest BCUT2D eigenvalue weighted by Gasteiger charge is 2.33. The summed E-state index contributed by atoms with van der Waals surface area (Å²) >= 11 is 0. The number of methoxy groups -OCH3 is 2. The molecule has 1 heterocycles. The fourth-order valence-corrected chi connectivity index (χ4v) is 2.72. The van der Waals surface area contributed by atoms with Crippen LogP contribution in [0, 0.1) is 0 Å². The maximum absolute atomic E-state index is 12.2. The fraction of sp³-hybridized carbons (Fsp3) is 0.533. The van der Waals surface area contributed by atoms with Gasteiger partial charge in [0.1, 0.15) is 11.7 Å². The molecule has 1 saturated heterocycles. The summed E-state index contributed by atoms with van der Waals surface area (Å²) in [6.45, 7) is 0.952. The molecule has 1 aromatic carbocycles. The molecule has 1 N–H and O–H groups in total. The molecule has 104 valence electrons. The van der Waals surface area contributed by atoms with E-state index in [1.165, 1.54) is 7.11 Å². The highest BCUT2D eigenvalue weighted by atomic mass is 16.5. The molecule has 0 amide bonds. The average molecular weight is 263 g/mol. The van der Waals surface area contributed by atoms with Crippen molar-refractivity contribution < 1.29 is 14.3 Å². The maximum Gasteiger partial charge on any atom is 0.314 e. The molecular weight excluding hydrogens is 242 g/mol. The van der Waals surface area contributed by atoms with Crippen LogP contribution in [0.25, 0.3) is 0 Å². The number of esters is 1. The number of hydrogen-bond donors (Lipinski definition) is 1. The van der Waals surface area contributed by atoms with Crippen LogP contribution in [0.3, 0.4) is 0 Å². The van der Waals surface area contributed by atoms with Crippen molar-refractivity contribution in [2.24, 2.45) is 0 Å². The minimum atomic E-state index is -0.304. The highest BCUT2D eigenvalue weighted by molar-refractivity contribution is 5.80.